The second-order valence-corrected chi connectivity index (χ2v) is 5.90. The average molecular weight is 311 g/mol. The highest BCUT2D eigenvalue weighted by molar-refractivity contribution is 7.92. The first-order chi connectivity index (χ1) is 9.98. The molecule has 0 unspecified atom stereocenters. The van der Waals surface area contributed by atoms with Crippen LogP contribution in [-0.4, -0.2) is 24.9 Å². The molecule has 0 saturated carbocycles. The summed E-state index contributed by atoms with van der Waals surface area (Å²) in [5.74, 6) is 4.80. The molecular weight excluding hydrogens is 297 g/mol. The first kappa shape index (κ1) is 15.1. The van der Waals surface area contributed by atoms with Crippen molar-refractivity contribution in [1.82, 2.24) is 9.97 Å². The van der Waals surface area contributed by atoms with Crippen LogP contribution in [0.4, 0.5) is 16.0 Å². The molecule has 0 fully saturated rings. The van der Waals surface area contributed by atoms with Crippen molar-refractivity contribution >= 4 is 21.7 Å². The van der Waals surface area contributed by atoms with E-state index < -0.39 is 15.8 Å². The molecule has 0 bridgehead atoms. The van der Waals surface area contributed by atoms with E-state index in [1.54, 1.807) is 6.92 Å². The van der Waals surface area contributed by atoms with Gasteiger partial charge in [-0.3, -0.25) is 9.73 Å². The van der Waals surface area contributed by atoms with Crippen LogP contribution >= 0.6 is 0 Å². The lowest BCUT2D eigenvalue weighted by atomic mass is 10.3. The van der Waals surface area contributed by atoms with E-state index in [-0.39, 0.29) is 17.4 Å². The molecule has 21 heavy (non-hydrogen) atoms. The molecule has 0 aliphatic rings. The molecule has 0 aliphatic heterocycles. The van der Waals surface area contributed by atoms with Gasteiger partial charge in [0.2, 0.25) is 5.95 Å². The van der Waals surface area contributed by atoms with Crippen LogP contribution in [0.15, 0.2) is 41.6 Å². The van der Waals surface area contributed by atoms with Crippen LogP contribution in [0.3, 0.4) is 0 Å². The Balaban J connectivity index is 2.41. The number of rotatable bonds is 5. The van der Waals surface area contributed by atoms with Crippen molar-refractivity contribution in [2.24, 2.45) is 5.84 Å². The molecule has 1 heterocycles. The van der Waals surface area contributed by atoms with Crippen molar-refractivity contribution in [3.05, 3.63) is 42.5 Å². The van der Waals surface area contributed by atoms with Gasteiger partial charge in [0.15, 0.2) is 0 Å². The smallest absolute Gasteiger partial charge is 0.267 e. The molecule has 2 aromatic rings. The number of benzene rings is 1. The molecule has 0 atom stereocenters. The average Bonchev–Trinajstić information content (AvgIpc) is 2.50. The van der Waals surface area contributed by atoms with Gasteiger partial charge in [0.05, 0.1) is 18.1 Å². The van der Waals surface area contributed by atoms with Gasteiger partial charge in [0.25, 0.3) is 10.0 Å². The monoisotopic (exact) mass is 311 g/mol. The van der Waals surface area contributed by atoms with Crippen LogP contribution < -0.4 is 15.6 Å². The molecule has 0 spiro atoms. The Bertz CT molecular complexity index is 703. The van der Waals surface area contributed by atoms with Crippen LogP contribution in [0.1, 0.15) is 6.92 Å². The van der Waals surface area contributed by atoms with Crippen molar-refractivity contribution in [2.45, 2.75) is 11.8 Å². The van der Waals surface area contributed by atoms with Gasteiger partial charge in [0.1, 0.15) is 10.7 Å². The zero-order valence-corrected chi connectivity index (χ0v) is 12.0. The molecule has 1 aromatic carbocycles. The first-order valence-electron chi connectivity index (χ1n) is 6.06. The third kappa shape index (κ3) is 3.09. The summed E-state index contributed by atoms with van der Waals surface area (Å²) in [4.78, 5) is 7.47. The summed E-state index contributed by atoms with van der Waals surface area (Å²) in [6.45, 7) is 1.86. The van der Waals surface area contributed by atoms with Gasteiger partial charge in [-0.2, -0.15) is 0 Å². The van der Waals surface area contributed by atoms with Crippen molar-refractivity contribution in [2.75, 3.05) is 16.3 Å². The van der Waals surface area contributed by atoms with Crippen LogP contribution in [-0.2, 0) is 10.0 Å². The van der Waals surface area contributed by atoms with E-state index in [9.17, 15) is 12.8 Å². The van der Waals surface area contributed by atoms with Gasteiger partial charge in [-0.25, -0.2) is 28.6 Å². The highest BCUT2D eigenvalue weighted by atomic mass is 32.2. The first-order valence-corrected chi connectivity index (χ1v) is 7.50. The number of nitrogens with one attached hydrogen (secondary N) is 1. The molecular formula is C12H14FN5O2S. The molecule has 0 aliphatic carbocycles. The number of hydrazine groups is 1. The number of halogens is 1. The molecule has 112 valence electrons. The van der Waals surface area contributed by atoms with Gasteiger partial charge < -0.3 is 0 Å². The predicted octanol–water partition coefficient (Wildman–Crippen LogP) is 1.12. The number of hydrogen-bond donors (Lipinski definition) is 2. The van der Waals surface area contributed by atoms with Gasteiger partial charge in [-0.15, -0.1) is 0 Å². The molecule has 0 radical (unpaired) electrons. The van der Waals surface area contributed by atoms with Crippen molar-refractivity contribution in [3.8, 4) is 0 Å². The number of nitrogens with zero attached hydrogens (tertiary/aromatic N) is 3. The zero-order valence-electron chi connectivity index (χ0n) is 11.2. The zero-order chi connectivity index (χ0) is 15.5. The lowest BCUT2D eigenvalue weighted by molar-refractivity contribution is 0.590. The van der Waals surface area contributed by atoms with E-state index in [0.717, 1.165) is 16.7 Å². The van der Waals surface area contributed by atoms with Crippen molar-refractivity contribution in [3.63, 3.8) is 0 Å². The summed E-state index contributed by atoms with van der Waals surface area (Å²) in [6.07, 6.45) is 2.31. The molecule has 3 N–H and O–H groups in total. The van der Waals surface area contributed by atoms with E-state index in [1.807, 2.05) is 0 Å². The predicted molar refractivity (Wildman–Crippen MR) is 76.4 cm³/mol. The van der Waals surface area contributed by atoms with Crippen LogP contribution in [0, 0.1) is 5.82 Å². The minimum absolute atomic E-state index is 0.0762. The molecule has 7 nitrogen and oxygen atoms in total. The van der Waals surface area contributed by atoms with Crippen LogP contribution in [0.2, 0.25) is 0 Å². The second kappa shape index (κ2) is 6.02. The number of anilines is 2. The largest absolute Gasteiger partial charge is 0.292 e. The normalized spacial score (nSPS) is 11.2. The summed E-state index contributed by atoms with van der Waals surface area (Å²) in [5, 5.41) is 0. The Labute approximate surface area is 121 Å². The molecule has 2 rings (SSSR count). The second-order valence-electron chi connectivity index (χ2n) is 4.03. The number of nitrogens with two attached hydrogens (primary N) is 1. The Morgan fingerprint density at radius 3 is 2.29 bits per heavy atom. The van der Waals surface area contributed by atoms with E-state index >= 15 is 0 Å². The highest BCUT2D eigenvalue weighted by Crippen LogP contribution is 2.23. The maximum absolute atomic E-state index is 13.0. The third-order valence-corrected chi connectivity index (χ3v) is 4.60. The Morgan fingerprint density at radius 1 is 1.24 bits per heavy atom. The summed E-state index contributed by atoms with van der Waals surface area (Å²) in [6, 6.07) is 5.19. The molecule has 0 amide bonds. The van der Waals surface area contributed by atoms with Gasteiger partial charge in [0, 0.05) is 6.54 Å². The molecule has 9 heteroatoms. The number of hydrogen-bond acceptors (Lipinski definition) is 6. The lowest BCUT2D eigenvalue weighted by Crippen LogP contribution is -2.31. The highest BCUT2D eigenvalue weighted by Gasteiger charge is 2.24. The fourth-order valence-corrected chi connectivity index (χ4v) is 3.12. The van der Waals surface area contributed by atoms with Gasteiger partial charge in [-0.05, 0) is 31.2 Å². The molecule has 1 aromatic heterocycles. The van der Waals surface area contributed by atoms with Crippen molar-refractivity contribution < 1.29 is 12.8 Å². The molecule has 0 saturated heterocycles. The van der Waals surface area contributed by atoms with E-state index in [2.05, 4.69) is 15.4 Å². The topological polar surface area (TPSA) is 101 Å². The van der Waals surface area contributed by atoms with E-state index in [0.29, 0.717) is 5.69 Å². The number of aromatic nitrogens is 2. The number of nitrogen functional groups attached to an aromatic ring is 1. The minimum Gasteiger partial charge on any atom is -0.292 e. The SMILES string of the molecule is CCN(c1ccc(F)cc1)S(=O)(=O)c1cnc(NN)nc1. The minimum atomic E-state index is -3.82. The number of sulfonamides is 1. The fourth-order valence-electron chi connectivity index (χ4n) is 1.75. The summed E-state index contributed by atoms with van der Waals surface area (Å²) in [7, 11) is -3.82. The Hall–Kier alpha value is -2.26. The van der Waals surface area contributed by atoms with E-state index in [1.165, 1.54) is 24.3 Å². The summed E-state index contributed by atoms with van der Waals surface area (Å²) >= 11 is 0. The van der Waals surface area contributed by atoms with Gasteiger partial charge in [-0.1, -0.05) is 0 Å². The Kier molecular flexibility index (Phi) is 4.34. The van der Waals surface area contributed by atoms with Crippen molar-refractivity contribution in [1.29, 1.82) is 0 Å². The summed E-state index contributed by atoms with van der Waals surface area (Å²) < 4.78 is 39.2. The Morgan fingerprint density at radius 2 is 1.81 bits per heavy atom. The standard InChI is InChI=1S/C12H14FN5O2S/c1-2-18(10-5-3-9(13)4-6-10)21(19,20)11-7-15-12(17-14)16-8-11/h3-8H,2,14H2,1H3,(H,15,16,17). The van der Waals surface area contributed by atoms with Crippen LogP contribution in [0.25, 0.3) is 0 Å². The summed E-state index contributed by atoms with van der Waals surface area (Å²) in [5.41, 5.74) is 2.58. The fraction of sp³-hybridized carbons (Fsp3) is 0.167. The van der Waals surface area contributed by atoms with Crippen LogP contribution in [0.5, 0.6) is 0 Å². The lowest BCUT2D eigenvalue weighted by Gasteiger charge is -2.22. The third-order valence-electron chi connectivity index (χ3n) is 2.75. The van der Waals surface area contributed by atoms with Gasteiger partial charge >= 0.3 is 0 Å². The maximum atomic E-state index is 13.0. The quantitative estimate of drug-likeness (QED) is 0.634. The van der Waals surface area contributed by atoms with E-state index in [4.69, 9.17) is 5.84 Å². The maximum Gasteiger partial charge on any atom is 0.267 e.